The molecule has 9 heteroatoms. The summed E-state index contributed by atoms with van der Waals surface area (Å²) in [6.45, 7) is 3.86. The van der Waals surface area contributed by atoms with E-state index in [1.165, 1.54) is 30.3 Å². The molecule has 2 aromatic carbocycles. The summed E-state index contributed by atoms with van der Waals surface area (Å²) in [6.07, 6.45) is 1.53. The van der Waals surface area contributed by atoms with Crippen molar-refractivity contribution in [2.24, 2.45) is 4.99 Å². The molecule has 0 atom stereocenters. The molecule has 0 N–H and O–H groups in total. The highest BCUT2D eigenvalue weighted by atomic mass is 79.9. The van der Waals surface area contributed by atoms with E-state index in [2.05, 4.69) is 20.9 Å². The van der Waals surface area contributed by atoms with E-state index in [1.54, 1.807) is 19.1 Å². The lowest BCUT2D eigenvalue weighted by Crippen LogP contribution is -2.15. The van der Waals surface area contributed by atoms with E-state index in [0.717, 1.165) is 0 Å². The van der Waals surface area contributed by atoms with Crippen molar-refractivity contribution in [1.82, 2.24) is 0 Å². The van der Waals surface area contributed by atoms with Gasteiger partial charge in [0.2, 0.25) is 5.90 Å². The Bertz CT molecular complexity index is 1050. The van der Waals surface area contributed by atoms with Crippen LogP contribution < -0.4 is 9.47 Å². The van der Waals surface area contributed by atoms with Crippen molar-refractivity contribution in [3.8, 4) is 11.5 Å². The molecule has 0 radical (unpaired) electrons. The zero-order chi connectivity index (χ0) is 22.4. The van der Waals surface area contributed by atoms with Gasteiger partial charge >= 0.3 is 11.9 Å². The van der Waals surface area contributed by atoms with E-state index >= 15 is 0 Å². The maximum absolute atomic E-state index is 13.1. The maximum atomic E-state index is 13.1. The highest BCUT2D eigenvalue weighted by Gasteiger charge is 2.24. The number of hydrogen-bond acceptors (Lipinski definition) is 7. The molecule has 3 rings (SSSR count). The Kier molecular flexibility index (Phi) is 7.41. The molecule has 0 saturated carbocycles. The van der Waals surface area contributed by atoms with Gasteiger partial charge < -0.3 is 18.9 Å². The summed E-state index contributed by atoms with van der Waals surface area (Å²) in [5, 5.41) is 0. The molecule has 31 heavy (non-hydrogen) atoms. The van der Waals surface area contributed by atoms with E-state index < -0.39 is 17.8 Å². The molecule has 0 spiro atoms. The fourth-order valence-corrected chi connectivity index (χ4v) is 3.27. The molecule has 0 amide bonds. The first kappa shape index (κ1) is 22.5. The van der Waals surface area contributed by atoms with E-state index in [0.29, 0.717) is 33.7 Å². The van der Waals surface area contributed by atoms with Crippen molar-refractivity contribution in [2.45, 2.75) is 13.8 Å². The minimum absolute atomic E-state index is 0.0777. The van der Waals surface area contributed by atoms with Gasteiger partial charge in [-0.3, -0.25) is 0 Å². The first-order valence-electron chi connectivity index (χ1n) is 9.44. The number of hydrogen-bond donors (Lipinski definition) is 0. The van der Waals surface area contributed by atoms with E-state index in [-0.39, 0.29) is 24.8 Å². The normalized spacial score (nSPS) is 14.3. The van der Waals surface area contributed by atoms with Crippen molar-refractivity contribution in [3.63, 3.8) is 0 Å². The molecule has 0 aliphatic carbocycles. The first-order valence-corrected chi connectivity index (χ1v) is 10.2. The number of nitrogens with zero attached hydrogens (tertiary/aromatic N) is 1. The Balaban J connectivity index is 1.88. The van der Waals surface area contributed by atoms with Crippen molar-refractivity contribution in [1.29, 1.82) is 0 Å². The summed E-state index contributed by atoms with van der Waals surface area (Å²) in [5.74, 6) is -0.725. The molecular weight excluding hydrogens is 473 g/mol. The van der Waals surface area contributed by atoms with E-state index in [9.17, 15) is 14.0 Å². The van der Waals surface area contributed by atoms with Gasteiger partial charge in [-0.25, -0.2) is 19.0 Å². The average Bonchev–Trinajstić information content (AvgIpc) is 3.08. The van der Waals surface area contributed by atoms with E-state index in [1.807, 2.05) is 6.92 Å². The van der Waals surface area contributed by atoms with Crippen LogP contribution in [0.2, 0.25) is 0 Å². The molecule has 0 bridgehead atoms. The van der Waals surface area contributed by atoms with Crippen molar-refractivity contribution in [2.75, 3.05) is 19.8 Å². The SMILES string of the molecule is CCOC(=O)COc1c(Br)cc(/C=C2\N=C(c3ccc(F)cc3)OC2=O)cc1OCC. The minimum atomic E-state index is -0.629. The van der Waals surface area contributed by atoms with Crippen molar-refractivity contribution < 1.29 is 32.9 Å². The van der Waals surface area contributed by atoms with Gasteiger partial charge in [0.25, 0.3) is 0 Å². The number of rotatable bonds is 8. The maximum Gasteiger partial charge on any atom is 0.363 e. The number of cyclic esters (lactones) is 1. The predicted octanol–water partition coefficient (Wildman–Crippen LogP) is 4.27. The minimum Gasteiger partial charge on any atom is -0.490 e. The Morgan fingerprint density at radius 2 is 1.90 bits per heavy atom. The largest absolute Gasteiger partial charge is 0.490 e. The summed E-state index contributed by atoms with van der Waals surface area (Å²) in [5.41, 5.74) is 1.15. The molecule has 162 valence electrons. The molecule has 7 nitrogen and oxygen atoms in total. The standard InChI is InChI=1S/C22H19BrFNO6/c1-3-28-18-11-13(9-16(23)20(18)30-12-19(26)29-4-2)10-17-22(27)31-21(25-17)14-5-7-15(24)8-6-14/h5-11H,3-4,12H2,1-2H3/b17-10-. The van der Waals surface area contributed by atoms with Crippen LogP contribution in [0, 0.1) is 5.82 Å². The number of carbonyl (C=O) groups is 2. The van der Waals surface area contributed by atoms with Crippen LogP contribution in [-0.4, -0.2) is 37.7 Å². The van der Waals surface area contributed by atoms with Gasteiger partial charge in [0.1, 0.15) is 5.82 Å². The lowest BCUT2D eigenvalue weighted by atomic mass is 10.1. The lowest BCUT2D eigenvalue weighted by molar-refractivity contribution is -0.145. The second kappa shape index (κ2) is 10.2. The lowest BCUT2D eigenvalue weighted by Gasteiger charge is -2.14. The number of halogens is 2. The molecule has 0 fully saturated rings. The number of esters is 2. The van der Waals surface area contributed by atoms with Crippen LogP contribution >= 0.6 is 15.9 Å². The zero-order valence-electron chi connectivity index (χ0n) is 16.8. The molecule has 1 aliphatic heterocycles. The van der Waals surface area contributed by atoms with Crippen LogP contribution in [0.1, 0.15) is 25.0 Å². The third-order valence-electron chi connectivity index (χ3n) is 3.99. The first-order chi connectivity index (χ1) is 14.9. The third-order valence-corrected chi connectivity index (χ3v) is 4.58. The Labute approximate surface area is 186 Å². The number of ether oxygens (including phenoxy) is 4. The number of aliphatic imine (C=N–C) groups is 1. The van der Waals surface area contributed by atoms with Crippen molar-refractivity contribution >= 4 is 39.8 Å². The quantitative estimate of drug-likeness (QED) is 0.404. The van der Waals surface area contributed by atoms with Gasteiger partial charge in [-0.2, -0.15) is 0 Å². The fraction of sp³-hybridized carbons (Fsp3) is 0.227. The van der Waals surface area contributed by atoms with Gasteiger partial charge in [-0.1, -0.05) is 0 Å². The summed E-state index contributed by atoms with van der Waals surface area (Å²) in [4.78, 5) is 28.0. The van der Waals surface area contributed by atoms with Crippen LogP contribution in [0.15, 0.2) is 51.6 Å². The summed E-state index contributed by atoms with van der Waals surface area (Å²) in [7, 11) is 0. The highest BCUT2D eigenvalue weighted by Crippen LogP contribution is 2.38. The molecule has 2 aromatic rings. The van der Waals surface area contributed by atoms with Crippen LogP contribution in [0.3, 0.4) is 0 Å². The Morgan fingerprint density at radius 3 is 2.58 bits per heavy atom. The van der Waals surface area contributed by atoms with Gasteiger partial charge in [0, 0.05) is 5.56 Å². The second-order valence-electron chi connectivity index (χ2n) is 6.20. The van der Waals surface area contributed by atoms with Gasteiger partial charge in [-0.05, 0) is 77.8 Å². The van der Waals surface area contributed by atoms with Crippen LogP contribution in [0.25, 0.3) is 6.08 Å². The van der Waals surface area contributed by atoms with E-state index in [4.69, 9.17) is 18.9 Å². The second-order valence-corrected chi connectivity index (χ2v) is 7.05. The molecular formula is C22H19BrFNO6. The molecule has 0 unspecified atom stereocenters. The Morgan fingerprint density at radius 1 is 1.16 bits per heavy atom. The topological polar surface area (TPSA) is 83.4 Å². The fourth-order valence-electron chi connectivity index (χ4n) is 2.69. The monoisotopic (exact) mass is 491 g/mol. The summed E-state index contributed by atoms with van der Waals surface area (Å²) >= 11 is 3.40. The van der Waals surface area contributed by atoms with Gasteiger partial charge in [0.05, 0.1) is 17.7 Å². The van der Waals surface area contributed by atoms with Crippen molar-refractivity contribution in [3.05, 3.63) is 63.5 Å². The Hall–Kier alpha value is -3.20. The number of benzene rings is 2. The predicted molar refractivity (Wildman–Crippen MR) is 114 cm³/mol. The summed E-state index contributed by atoms with van der Waals surface area (Å²) < 4.78 is 34.9. The van der Waals surface area contributed by atoms with Crippen LogP contribution in [0.5, 0.6) is 11.5 Å². The van der Waals surface area contributed by atoms with Gasteiger partial charge in [-0.15, -0.1) is 0 Å². The summed E-state index contributed by atoms with van der Waals surface area (Å²) in [6, 6.07) is 8.81. The smallest absolute Gasteiger partial charge is 0.363 e. The molecule has 1 aliphatic rings. The molecule has 0 saturated heterocycles. The van der Waals surface area contributed by atoms with Gasteiger partial charge in [0.15, 0.2) is 23.8 Å². The van der Waals surface area contributed by atoms with Crippen LogP contribution in [0.4, 0.5) is 4.39 Å². The zero-order valence-corrected chi connectivity index (χ0v) is 18.4. The average molecular weight is 492 g/mol. The van der Waals surface area contributed by atoms with Crippen LogP contribution in [-0.2, 0) is 19.1 Å². The highest BCUT2D eigenvalue weighted by molar-refractivity contribution is 9.10. The molecule has 1 heterocycles. The number of carbonyl (C=O) groups excluding carboxylic acids is 2. The molecule has 0 aromatic heterocycles. The third kappa shape index (κ3) is 5.69.